The van der Waals surface area contributed by atoms with Crippen LogP contribution < -0.4 is 0 Å². The Morgan fingerprint density at radius 3 is 2.00 bits per heavy atom. The van der Waals surface area contributed by atoms with Crippen LogP contribution in [0, 0.1) is 0 Å². The molecular formula is C48H34N4. The van der Waals surface area contributed by atoms with Gasteiger partial charge in [-0.05, 0) is 70.4 Å². The molecule has 0 atom stereocenters. The Hall–Kier alpha value is -6.91. The number of fused-ring (bicyclic) bond motifs is 5. The van der Waals surface area contributed by atoms with E-state index in [1.165, 1.54) is 32.6 Å². The zero-order valence-corrected chi connectivity index (χ0v) is 28.7. The summed E-state index contributed by atoms with van der Waals surface area (Å²) in [5.74, 6) is 1.83. The van der Waals surface area contributed by atoms with Crippen LogP contribution in [0.15, 0.2) is 183 Å². The molecule has 0 radical (unpaired) electrons. The Morgan fingerprint density at radius 2 is 1.23 bits per heavy atom. The van der Waals surface area contributed by atoms with E-state index in [4.69, 9.17) is 15.0 Å². The Balaban J connectivity index is 1.25. The molecule has 52 heavy (non-hydrogen) atoms. The van der Waals surface area contributed by atoms with Crippen LogP contribution in [0.1, 0.15) is 12.7 Å². The average molecular weight is 667 g/mol. The van der Waals surface area contributed by atoms with Crippen molar-refractivity contribution in [1.82, 2.24) is 19.5 Å². The molecule has 0 aliphatic carbocycles. The van der Waals surface area contributed by atoms with Crippen molar-refractivity contribution in [3.05, 3.63) is 188 Å². The van der Waals surface area contributed by atoms with E-state index in [0.29, 0.717) is 17.5 Å². The largest absolute Gasteiger partial charge is 0.309 e. The number of aromatic nitrogens is 4. The van der Waals surface area contributed by atoms with Gasteiger partial charge in [0.25, 0.3) is 0 Å². The summed E-state index contributed by atoms with van der Waals surface area (Å²) in [6.07, 6.45) is 7.70. The molecule has 0 fully saturated rings. The molecule has 0 aliphatic rings. The van der Waals surface area contributed by atoms with E-state index in [9.17, 15) is 0 Å². The molecule has 4 heteroatoms. The first-order valence-corrected chi connectivity index (χ1v) is 17.5. The monoisotopic (exact) mass is 666 g/mol. The van der Waals surface area contributed by atoms with Crippen molar-refractivity contribution in [1.29, 1.82) is 0 Å². The lowest BCUT2D eigenvalue weighted by Crippen LogP contribution is -2.03. The van der Waals surface area contributed by atoms with Crippen LogP contribution in [-0.2, 0) is 0 Å². The smallest absolute Gasteiger partial charge is 0.164 e. The standard InChI is InChI=1S/C48H34N4/c1-3-14-34(15-4-2)46-49-47(35-17-6-5-7-18-35)51-48(50-46)41-29-26-32-16-10-11-21-39(32)45(41)33-24-27-38(28-25-33)52-43-23-13-12-22-40(43)42-30-36-19-8-9-20-37(36)31-44(42)52/h3-31H,1H2,2H3/b15-4-,34-14+. The second kappa shape index (κ2) is 13.1. The van der Waals surface area contributed by atoms with Gasteiger partial charge in [0.1, 0.15) is 0 Å². The summed E-state index contributed by atoms with van der Waals surface area (Å²) >= 11 is 0. The van der Waals surface area contributed by atoms with Gasteiger partial charge in [0.2, 0.25) is 0 Å². The fraction of sp³-hybridized carbons (Fsp3) is 0.0208. The minimum absolute atomic E-state index is 0.593. The van der Waals surface area contributed by atoms with Gasteiger partial charge in [0, 0.05) is 38.7 Å². The van der Waals surface area contributed by atoms with Crippen LogP contribution in [0.25, 0.3) is 88.5 Å². The van der Waals surface area contributed by atoms with Gasteiger partial charge in [-0.1, -0.05) is 146 Å². The van der Waals surface area contributed by atoms with Crippen LogP contribution in [-0.4, -0.2) is 19.5 Å². The quantitative estimate of drug-likeness (QED) is 0.159. The number of benzene rings is 7. The molecule has 0 unspecified atom stereocenters. The first-order valence-electron chi connectivity index (χ1n) is 17.5. The lowest BCUT2D eigenvalue weighted by atomic mass is 9.92. The average Bonchev–Trinajstić information content (AvgIpc) is 3.52. The van der Waals surface area contributed by atoms with Crippen molar-refractivity contribution in [2.24, 2.45) is 0 Å². The highest BCUT2D eigenvalue weighted by Crippen LogP contribution is 2.40. The van der Waals surface area contributed by atoms with Crippen molar-refractivity contribution in [3.8, 4) is 39.6 Å². The number of rotatable bonds is 7. The van der Waals surface area contributed by atoms with E-state index in [1.54, 1.807) is 6.08 Å². The molecule has 0 bridgehead atoms. The van der Waals surface area contributed by atoms with Gasteiger partial charge in [0.05, 0.1) is 11.0 Å². The van der Waals surface area contributed by atoms with Crippen LogP contribution in [0.5, 0.6) is 0 Å². The van der Waals surface area contributed by atoms with E-state index >= 15 is 0 Å². The third-order valence-corrected chi connectivity index (χ3v) is 9.69. The second-order valence-corrected chi connectivity index (χ2v) is 12.9. The Morgan fingerprint density at radius 1 is 0.558 bits per heavy atom. The van der Waals surface area contributed by atoms with Crippen molar-refractivity contribution >= 4 is 48.9 Å². The molecule has 0 saturated heterocycles. The molecule has 2 aromatic heterocycles. The van der Waals surface area contributed by atoms with E-state index in [-0.39, 0.29) is 0 Å². The first kappa shape index (κ1) is 31.1. The summed E-state index contributed by atoms with van der Waals surface area (Å²) in [7, 11) is 0. The molecule has 0 N–H and O–H groups in total. The minimum Gasteiger partial charge on any atom is -0.309 e. The lowest BCUT2D eigenvalue weighted by molar-refractivity contribution is 1.04. The van der Waals surface area contributed by atoms with Gasteiger partial charge in [-0.3, -0.25) is 0 Å². The molecule has 0 saturated carbocycles. The summed E-state index contributed by atoms with van der Waals surface area (Å²) in [5, 5.41) is 7.24. The number of allylic oxidation sites excluding steroid dienone is 5. The molecule has 4 nitrogen and oxygen atoms in total. The fourth-order valence-corrected chi connectivity index (χ4v) is 7.33. The maximum Gasteiger partial charge on any atom is 0.164 e. The van der Waals surface area contributed by atoms with Gasteiger partial charge in [-0.2, -0.15) is 0 Å². The van der Waals surface area contributed by atoms with Crippen LogP contribution in [0.3, 0.4) is 0 Å². The van der Waals surface area contributed by atoms with Gasteiger partial charge in [-0.25, -0.2) is 15.0 Å². The van der Waals surface area contributed by atoms with Gasteiger partial charge in [-0.15, -0.1) is 0 Å². The van der Waals surface area contributed by atoms with Crippen molar-refractivity contribution in [3.63, 3.8) is 0 Å². The molecule has 0 amide bonds. The van der Waals surface area contributed by atoms with Crippen LogP contribution in [0.4, 0.5) is 0 Å². The topological polar surface area (TPSA) is 43.6 Å². The highest BCUT2D eigenvalue weighted by Gasteiger charge is 2.19. The van der Waals surface area contributed by atoms with Crippen LogP contribution in [0.2, 0.25) is 0 Å². The van der Waals surface area contributed by atoms with Crippen molar-refractivity contribution < 1.29 is 0 Å². The van der Waals surface area contributed by atoms with Crippen molar-refractivity contribution in [2.75, 3.05) is 0 Å². The Labute approximate surface area is 302 Å². The molecule has 246 valence electrons. The highest BCUT2D eigenvalue weighted by molar-refractivity contribution is 6.13. The number of para-hydroxylation sites is 1. The molecule has 0 aliphatic heterocycles. The van der Waals surface area contributed by atoms with E-state index in [0.717, 1.165) is 44.3 Å². The molecule has 7 aromatic carbocycles. The predicted octanol–water partition coefficient (Wildman–Crippen LogP) is 12.4. The van der Waals surface area contributed by atoms with Gasteiger partial charge in [0.15, 0.2) is 17.5 Å². The first-order chi connectivity index (χ1) is 25.7. The summed E-state index contributed by atoms with van der Waals surface area (Å²) in [5.41, 5.74) is 8.37. The Bertz CT molecular complexity index is 2860. The van der Waals surface area contributed by atoms with E-state index in [1.807, 2.05) is 55.5 Å². The summed E-state index contributed by atoms with van der Waals surface area (Å²) < 4.78 is 2.38. The van der Waals surface area contributed by atoms with Gasteiger partial charge >= 0.3 is 0 Å². The van der Waals surface area contributed by atoms with E-state index in [2.05, 4.69) is 132 Å². The zero-order valence-electron chi connectivity index (χ0n) is 28.7. The molecule has 9 aromatic rings. The van der Waals surface area contributed by atoms with Crippen molar-refractivity contribution in [2.45, 2.75) is 6.92 Å². The van der Waals surface area contributed by atoms with E-state index < -0.39 is 0 Å². The molecule has 2 heterocycles. The summed E-state index contributed by atoms with van der Waals surface area (Å²) in [6.45, 7) is 5.94. The SMILES string of the molecule is C=C/C=C(\C=C/C)c1nc(-c2ccccc2)nc(-c2ccc3ccccc3c2-c2ccc(-n3c4ccccc4c4cc5ccccc5cc43)cc2)n1. The second-order valence-electron chi connectivity index (χ2n) is 12.9. The van der Waals surface area contributed by atoms with Gasteiger partial charge < -0.3 is 4.57 Å². The summed E-state index contributed by atoms with van der Waals surface area (Å²) in [4.78, 5) is 15.2. The highest BCUT2D eigenvalue weighted by atomic mass is 15.0. The predicted molar refractivity (Wildman–Crippen MR) is 218 cm³/mol. The molecule has 9 rings (SSSR count). The molecule has 0 spiro atoms. The third-order valence-electron chi connectivity index (χ3n) is 9.69. The minimum atomic E-state index is 0.593. The number of hydrogen-bond donors (Lipinski definition) is 0. The molecular weight excluding hydrogens is 633 g/mol. The van der Waals surface area contributed by atoms with Crippen LogP contribution >= 0.6 is 0 Å². The maximum atomic E-state index is 5.12. The lowest BCUT2D eigenvalue weighted by Gasteiger charge is -2.16. The number of nitrogens with zero attached hydrogens (tertiary/aromatic N) is 4. The summed E-state index contributed by atoms with van der Waals surface area (Å²) in [6, 6.07) is 53.7. The Kier molecular flexibility index (Phi) is 7.83. The zero-order chi connectivity index (χ0) is 35.0. The normalized spacial score (nSPS) is 12.1. The maximum absolute atomic E-state index is 5.12. The third kappa shape index (κ3) is 5.38. The number of hydrogen-bond acceptors (Lipinski definition) is 3. The fourth-order valence-electron chi connectivity index (χ4n) is 7.33.